The first kappa shape index (κ1) is 11.5. The standard InChI is InChI=1S/C16H11FN2/c17-16-8-4-3-7-15(16)14-6-2-1-5-13(14)12-9-18-11-19-10-12/h1-11H. The number of hydrogen-bond donors (Lipinski definition) is 0. The smallest absolute Gasteiger partial charge is 0.131 e. The van der Waals surface area contributed by atoms with Crippen molar-refractivity contribution < 1.29 is 4.39 Å². The lowest BCUT2D eigenvalue weighted by molar-refractivity contribution is 0.631. The van der Waals surface area contributed by atoms with Crippen LogP contribution in [0.5, 0.6) is 0 Å². The summed E-state index contributed by atoms with van der Waals surface area (Å²) in [6, 6.07) is 14.4. The summed E-state index contributed by atoms with van der Waals surface area (Å²) in [4.78, 5) is 8.03. The molecule has 3 rings (SSSR count). The molecule has 2 aromatic carbocycles. The number of halogens is 1. The van der Waals surface area contributed by atoms with Gasteiger partial charge in [-0.15, -0.1) is 0 Å². The van der Waals surface area contributed by atoms with Gasteiger partial charge in [-0.05, 0) is 17.2 Å². The van der Waals surface area contributed by atoms with Gasteiger partial charge in [0.2, 0.25) is 0 Å². The molecule has 0 saturated heterocycles. The van der Waals surface area contributed by atoms with Gasteiger partial charge in [0, 0.05) is 23.5 Å². The molecule has 3 heteroatoms. The molecule has 0 aliphatic heterocycles. The van der Waals surface area contributed by atoms with Gasteiger partial charge in [-0.1, -0.05) is 42.5 Å². The van der Waals surface area contributed by atoms with Gasteiger partial charge < -0.3 is 0 Å². The summed E-state index contributed by atoms with van der Waals surface area (Å²) in [6.07, 6.45) is 4.94. The maximum atomic E-state index is 13.9. The van der Waals surface area contributed by atoms with E-state index >= 15 is 0 Å². The van der Waals surface area contributed by atoms with Crippen LogP contribution in [0.15, 0.2) is 67.3 Å². The highest BCUT2D eigenvalue weighted by Crippen LogP contribution is 2.32. The third-order valence-electron chi connectivity index (χ3n) is 2.96. The summed E-state index contributed by atoms with van der Waals surface area (Å²) < 4.78 is 13.9. The SMILES string of the molecule is Fc1ccccc1-c1ccccc1-c1cncnc1. The molecule has 3 aromatic rings. The minimum Gasteiger partial charge on any atom is -0.244 e. The highest BCUT2D eigenvalue weighted by Gasteiger charge is 2.10. The van der Waals surface area contributed by atoms with Crippen molar-refractivity contribution >= 4 is 0 Å². The fourth-order valence-electron chi connectivity index (χ4n) is 2.09. The van der Waals surface area contributed by atoms with E-state index in [4.69, 9.17) is 0 Å². The zero-order chi connectivity index (χ0) is 13.1. The van der Waals surface area contributed by atoms with Crippen LogP contribution in [0.4, 0.5) is 4.39 Å². The summed E-state index contributed by atoms with van der Waals surface area (Å²) in [5.41, 5.74) is 3.23. The highest BCUT2D eigenvalue weighted by atomic mass is 19.1. The van der Waals surface area contributed by atoms with Gasteiger partial charge in [0.15, 0.2) is 0 Å². The van der Waals surface area contributed by atoms with E-state index in [2.05, 4.69) is 9.97 Å². The lowest BCUT2D eigenvalue weighted by atomic mass is 9.96. The monoisotopic (exact) mass is 250 g/mol. The second-order valence-electron chi connectivity index (χ2n) is 4.15. The van der Waals surface area contributed by atoms with Crippen molar-refractivity contribution in [1.82, 2.24) is 9.97 Å². The summed E-state index contributed by atoms with van der Waals surface area (Å²) in [7, 11) is 0. The van der Waals surface area contributed by atoms with Crippen LogP contribution >= 0.6 is 0 Å². The second kappa shape index (κ2) is 4.98. The molecule has 0 aliphatic carbocycles. The van der Waals surface area contributed by atoms with Crippen molar-refractivity contribution in [3.8, 4) is 22.3 Å². The molecule has 1 aromatic heterocycles. The maximum absolute atomic E-state index is 13.9. The molecule has 2 nitrogen and oxygen atoms in total. The molecule has 1 heterocycles. The minimum absolute atomic E-state index is 0.230. The molecule has 19 heavy (non-hydrogen) atoms. The molecule has 0 saturated carbocycles. The predicted octanol–water partition coefficient (Wildman–Crippen LogP) is 3.95. The van der Waals surface area contributed by atoms with Crippen molar-refractivity contribution in [3.05, 3.63) is 73.1 Å². The molecule has 0 spiro atoms. The minimum atomic E-state index is -0.230. The van der Waals surface area contributed by atoms with E-state index in [-0.39, 0.29) is 5.82 Å². The fourth-order valence-corrected chi connectivity index (χ4v) is 2.09. The topological polar surface area (TPSA) is 25.8 Å². The van der Waals surface area contributed by atoms with Gasteiger partial charge in [-0.3, -0.25) is 0 Å². The van der Waals surface area contributed by atoms with Crippen LogP contribution in [0, 0.1) is 5.82 Å². The van der Waals surface area contributed by atoms with Gasteiger partial charge in [0.25, 0.3) is 0 Å². The largest absolute Gasteiger partial charge is 0.244 e. The molecule has 0 aliphatic rings. The quantitative estimate of drug-likeness (QED) is 0.688. The Hall–Kier alpha value is -2.55. The zero-order valence-electron chi connectivity index (χ0n) is 10.1. The van der Waals surface area contributed by atoms with Crippen molar-refractivity contribution in [2.24, 2.45) is 0 Å². The Morgan fingerprint density at radius 1 is 0.684 bits per heavy atom. The lowest BCUT2D eigenvalue weighted by Crippen LogP contribution is -1.89. The lowest BCUT2D eigenvalue weighted by Gasteiger charge is -2.10. The van der Waals surface area contributed by atoms with Gasteiger partial charge in [-0.2, -0.15) is 0 Å². The molecule has 0 bridgehead atoms. The third-order valence-corrected chi connectivity index (χ3v) is 2.96. The van der Waals surface area contributed by atoms with Gasteiger partial charge in [-0.25, -0.2) is 14.4 Å². The van der Waals surface area contributed by atoms with Gasteiger partial charge >= 0.3 is 0 Å². The Morgan fingerprint density at radius 3 is 1.95 bits per heavy atom. The molecule has 0 atom stereocenters. The number of nitrogens with zero attached hydrogens (tertiary/aromatic N) is 2. The Labute approximate surface area is 110 Å². The van der Waals surface area contributed by atoms with E-state index in [1.807, 2.05) is 30.3 Å². The maximum Gasteiger partial charge on any atom is 0.131 e. The number of rotatable bonds is 2. The normalized spacial score (nSPS) is 10.4. The van der Waals surface area contributed by atoms with E-state index in [0.717, 1.165) is 16.7 Å². The van der Waals surface area contributed by atoms with Crippen molar-refractivity contribution in [1.29, 1.82) is 0 Å². The van der Waals surface area contributed by atoms with Crippen molar-refractivity contribution in [2.75, 3.05) is 0 Å². The number of benzene rings is 2. The molecule has 0 amide bonds. The van der Waals surface area contributed by atoms with Crippen LogP contribution in [-0.2, 0) is 0 Å². The first-order valence-electron chi connectivity index (χ1n) is 5.95. The average molecular weight is 250 g/mol. The third kappa shape index (κ3) is 2.22. The van der Waals surface area contributed by atoms with Gasteiger partial charge in [0.1, 0.15) is 12.1 Å². The van der Waals surface area contributed by atoms with Crippen LogP contribution in [-0.4, -0.2) is 9.97 Å². The van der Waals surface area contributed by atoms with Crippen LogP contribution in [0.2, 0.25) is 0 Å². The Balaban J connectivity index is 2.21. The van der Waals surface area contributed by atoms with Crippen molar-refractivity contribution in [3.63, 3.8) is 0 Å². The molecular weight excluding hydrogens is 239 g/mol. The van der Waals surface area contributed by atoms with E-state index in [1.165, 1.54) is 12.4 Å². The summed E-state index contributed by atoms with van der Waals surface area (Å²) in [5, 5.41) is 0. The second-order valence-corrected chi connectivity index (χ2v) is 4.15. The van der Waals surface area contributed by atoms with E-state index < -0.39 is 0 Å². The Morgan fingerprint density at radius 2 is 1.26 bits per heavy atom. The summed E-state index contributed by atoms with van der Waals surface area (Å²) in [6.45, 7) is 0. The first-order valence-corrected chi connectivity index (χ1v) is 5.95. The molecule has 0 unspecified atom stereocenters. The molecule has 0 N–H and O–H groups in total. The van der Waals surface area contributed by atoms with Crippen LogP contribution in [0.3, 0.4) is 0 Å². The van der Waals surface area contributed by atoms with E-state index in [0.29, 0.717) is 5.56 Å². The number of hydrogen-bond acceptors (Lipinski definition) is 2. The zero-order valence-corrected chi connectivity index (χ0v) is 10.1. The van der Waals surface area contributed by atoms with Crippen molar-refractivity contribution in [2.45, 2.75) is 0 Å². The van der Waals surface area contributed by atoms with Crippen LogP contribution in [0.25, 0.3) is 22.3 Å². The fraction of sp³-hybridized carbons (Fsp3) is 0. The average Bonchev–Trinajstić information content (AvgIpc) is 2.49. The van der Waals surface area contributed by atoms with E-state index in [1.54, 1.807) is 24.5 Å². The van der Waals surface area contributed by atoms with Crippen LogP contribution in [0.1, 0.15) is 0 Å². The molecule has 0 fully saturated rings. The predicted molar refractivity (Wildman–Crippen MR) is 72.9 cm³/mol. The molecule has 0 radical (unpaired) electrons. The first-order chi connectivity index (χ1) is 9.36. The molecule has 92 valence electrons. The number of aromatic nitrogens is 2. The molecular formula is C16H11FN2. The van der Waals surface area contributed by atoms with Gasteiger partial charge in [0.05, 0.1) is 0 Å². The Bertz CT molecular complexity index is 696. The summed E-state index contributed by atoms with van der Waals surface area (Å²) >= 11 is 0. The van der Waals surface area contributed by atoms with E-state index in [9.17, 15) is 4.39 Å². The Kier molecular flexibility index (Phi) is 3.02. The summed E-state index contributed by atoms with van der Waals surface area (Å²) in [5.74, 6) is -0.230. The van der Waals surface area contributed by atoms with Crippen LogP contribution < -0.4 is 0 Å². The highest BCUT2D eigenvalue weighted by molar-refractivity contribution is 5.82.